The van der Waals surface area contributed by atoms with Gasteiger partial charge in [-0.2, -0.15) is 20.7 Å². The lowest BCUT2D eigenvalue weighted by molar-refractivity contribution is 0.0568. The Kier molecular flexibility index (Phi) is 4.34. The average Bonchev–Trinajstić information content (AvgIpc) is 3.45. The van der Waals surface area contributed by atoms with Crippen LogP contribution in [0.4, 0.5) is 0 Å². The molecule has 0 spiro atoms. The molecular formula is C21H22N8O. The molecule has 9 heteroatoms. The predicted octanol–water partition coefficient (Wildman–Crippen LogP) is 1.80. The zero-order chi connectivity index (χ0) is 20.8. The second-order valence-electron chi connectivity index (χ2n) is 7.94. The van der Waals surface area contributed by atoms with Crippen LogP contribution < -0.4 is 4.74 Å². The van der Waals surface area contributed by atoms with Gasteiger partial charge in [0.1, 0.15) is 22.9 Å². The maximum atomic E-state index is 9.31. The van der Waals surface area contributed by atoms with Crippen molar-refractivity contribution < 1.29 is 4.74 Å². The van der Waals surface area contributed by atoms with Crippen LogP contribution in [0.5, 0.6) is 5.75 Å². The van der Waals surface area contributed by atoms with Crippen molar-refractivity contribution in [2.45, 2.75) is 25.4 Å². The number of methoxy groups -OCH3 is 1. The van der Waals surface area contributed by atoms with Gasteiger partial charge in [-0.15, -0.1) is 0 Å². The minimum absolute atomic E-state index is 0.343. The Balaban J connectivity index is 1.38. The Labute approximate surface area is 174 Å². The monoisotopic (exact) mass is 402 g/mol. The van der Waals surface area contributed by atoms with Crippen LogP contribution in [0.3, 0.4) is 0 Å². The van der Waals surface area contributed by atoms with Gasteiger partial charge in [0.15, 0.2) is 6.19 Å². The van der Waals surface area contributed by atoms with Crippen LogP contribution in [0.2, 0.25) is 0 Å². The molecule has 2 fully saturated rings. The lowest BCUT2D eigenvalue weighted by atomic mass is 10.0. The van der Waals surface area contributed by atoms with Crippen LogP contribution in [0.15, 0.2) is 24.7 Å². The number of rotatable bonds is 4. The highest BCUT2D eigenvalue weighted by molar-refractivity contribution is 5.75. The molecule has 0 aromatic carbocycles. The number of hydrogen-bond acceptors (Lipinski definition) is 7. The number of ether oxygens (including phenoxy) is 1. The normalized spacial score (nSPS) is 19.6. The van der Waals surface area contributed by atoms with Crippen LogP contribution in [-0.4, -0.2) is 68.5 Å². The topological polar surface area (TPSA) is 98.4 Å². The largest absolute Gasteiger partial charge is 0.494 e. The summed E-state index contributed by atoms with van der Waals surface area (Å²) in [5.74, 6) is 0.617. The van der Waals surface area contributed by atoms with Crippen LogP contribution in [0.1, 0.15) is 23.7 Å². The number of likely N-dealkylation sites (tertiary alicyclic amines) is 2. The Morgan fingerprint density at radius 1 is 1.13 bits per heavy atom. The highest BCUT2D eigenvalue weighted by Gasteiger charge is 2.37. The van der Waals surface area contributed by atoms with E-state index in [0.29, 0.717) is 28.9 Å². The molecule has 3 aromatic rings. The molecule has 30 heavy (non-hydrogen) atoms. The Bertz CT molecular complexity index is 1190. The fourth-order valence-electron chi connectivity index (χ4n) is 4.62. The molecule has 0 amide bonds. The molecule has 9 nitrogen and oxygen atoms in total. The second-order valence-corrected chi connectivity index (χ2v) is 7.94. The van der Waals surface area contributed by atoms with Crippen molar-refractivity contribution in [2.75, 3.05) is 33.3 Å². The van der Waals surface area contributed by atoms with Crippen molar-refractivity contribution >= 4 is 5.52 Å². The third kappa shape index (κ3) is 2.78. The summed E-state index contributed by atoms with van der Waals surface area (Å²) >= 11 is 0. The summed E-state index contributed by atoms with van der Waals surface area (Å²) in [4.78, 5) is 4.29. The molecule has 2 aliphatic rings. The van der Waals surface area contributed by atoms with E-state index >= 15 is 0 Å². The van der Waals surface area contributed by atoms with E-state index in [-0.39, 0.29) is 0 Å². The zero-order valence-corrected chi connectivity index (χ0v) is 17.0. The van der Waals surface area contributed by atoms with E-state index in [1.807, 2.05) is 23.4 Å². The first-order valence-electron chi connectivity index (χ1n) is 10.0. The van der Waals surface area contributed by atoms with Crippen molar-refractivity contribution in [3.05, 3.63) is 35.9 Å². The van der Waals surface area contributed by atoms with E-state index in [9.17, 15) is 5.26 Å². The lowest BCUT2D eigenvalue weighted by Gasteiger charge is -2.43. The highest BCUT2D eigenvalue weighted by atomic mass is 16.5. The van der Waals surface area contributed by atoms with Gasteiger partial charge in [-0.25, -0.2) is 4.52 Å². The molecule has 0 saturated carbocycles. The molecule has 3 aromatic heterocycles. The van der Waals surface area contributed by atoms with Gasteiger partial charge in [0.2, 0.25) is 0 Å². The first-order chi connectivity index (χ1) is 14.6. The van der Waals surface area contributed by atoms with Crippen molar-refractivity contribution in [2.24, 2.45) is 0 Å². The quantitative estimate of drug-likeness (QED) is 0.614. The maximum absolute atomic E-state index is 9.31. The number of hydrogen-bond donors (Lipinski definition) is 0. The average molecular weight is 402 g/mol. The molecule has 0 N–H and O–H groups in total. The van der Waals surface area contributed by atoms with E-state index in [0.717, 1.165) is 49.4 Å². The smallest absolute Gasteiger partial charge is 0.179 e. The fourth-order valence-corrected chi connectivity index (χ4v) is 4.62. The van der Waals surface area contributed by atoms with Crippen LogP contribution in [0.25, 0.3) is 16.6 Å². The summed E-state index contributed by atoms with van der Waals surface area (Å²) in [5.41, 5.74) is 4.24. The van der Waals surface area contributed by atoms with Gasteiger partial charge in [-0.3, -0.25) is 9.58 Å². The Morgan fingerprint density at radius 3 is 2.67 bits per heavy atom. The summed E-state index contributed by atoms with van der Waals surface area (Å²) in [6.07, 6.45) is 8.66. The van der Waals surface area contributed by atoms with Crippen molar-refractivity contribution in [3.63, 3.8) is 0 Å². The molecule has 0 bridgehead atoms. The first-order valence-corrected chi connectivity index (χ1v) is 10.0. The molecule has 5 rings (SSSR count). The van der Waals surface area contributed by atoms with Gasteiger partial charge in [-0.1, -0.05) is 0 Å². The van der Waals surface area contributed by atoms with Gasteiger partial charge in [-0.05, 0) is 19.4 Å². The second kappa shape index (κ2) is 7.05. The number of aromatic nitrogens is 4. The minimum Gasteiger partial charge on any atom is -0.494 e. The molecule has 0 aliphatic carbocycles. The number of nitriles is 2. The number of pyridine rings is 1. The molecule has 2 saturated heterocycles. The molecule has 5 heterocycles. The van der Waals surface area contributed by atoms with E-state index in [4.69, 9.17) is 10.00 Å². The maximum Gasteiger partial charge on any atom is 0.179 e. The highest BCUT2D eigenvalue weighted by Crippen LogP contribution is 2.34. The SMILES string of the molecule is COc1cc(-c2cnn(C3CN([C@H]4CCN(C#N)C4)C3)c2C)cn2ncc(C#N)c12. The van der Waals surface area contributed by atoms with Crippen LogP contribution in [-0.2, 0) is 0 Å². The fraction of sp³-hybridized carbons (Fsp3) is 0.429. The third-order valence-corrected chi connectivity index (χ3v) is 6.33. The van der Waals surface area contributed by atoms with Gasteiger partial charge >= 0.3 is 0 Å². The van der Waals surface area contributed by atoms with Gasteiger partial charge in [0.05, 0.1) is 25.5 Å². The molecule has 152 valence electrons. The van der Waals surface area contributed by atoms with Gasteiger partial charge in [0, 0.05) is 55.2 Å². The van der Waals surface area contributed by atoms with Crippen molar-refractivity contribution in [1.82, 2.24) is 29.2 Å². The summed E-state index contributed by atoms with van der Waals surface area (Å²) < 4.78 is 9.32. The summed E-state index contributed by atoms with van der Waals surface area (Å²) in [5, 5.41) is 27.3. The van der Waals surface area contributed by atoms with E-state index < -0.39 is 0 Å². The number of fused-ring (bicyclic) bond motifs is 1. The summed E-state index contributed by atoms with van der Waals surface area (Å²) in [7, 11) is 1.60. The lowest BCUT2D eigenvalue weighted by Crippen LogP contribution is -2.53. The zero-order valence-electron chi connectivity index (χ0n) is 17.0. The first kappa shape index (κ1) is 18.5. The Hall–Kier alpha value is -3.56. The minimum atomic E-state index is 0.343. The molecule has 1 atom stereocenters. The molecule has 2 aliphatic heterocycles. The predicted molar refractivity (Wildman–Crippen MR) is 109 cm³/mol. The summed E-state index contributed by atoms with van der Waals surface area (Å²) in [6.45, 7) is 5.69. The number of nitrogens with zero attached hydrogens (tertiary/aromatic N) is 8. The van der Waals surface area contributed by atoms with Crippen molar-refractivity contribution in [1.29, 1.82) is 10.5 Å². The third-order valence-electron chi connectivity index (χ3n) is 6.33. The molecular weight excluding hydrogens is 380 g/mol. The molecule has 0 radical (unpaired) electrons. The van der Waals surface area contributed by atoms with Crippen LogP contribution in [0, 0.1) is 29.7 Å². The van der Waals surface area contributed by atoms with Crippen LogP contribution >= 0.6 is 0 Å². The van der Waals surface area contributed by atoms with Crippen molar-refractivity contribution in [3.8, 4) is 29.1 Å². The van der Waals surface area contributed by atoms with E-state index in [2.05, 4.69) is 39.0 Å². The van der Waals surface area contributed by atoms with Gasteiger partial charge < -0.3 is 9.64 Å². The van der Waals surface area contributed by atoms with E-state index in [1.165, 1.54) is 0 Å². The van der Waals surface area contributed by atoms with Gasteiger partial charge in [0.25, 0.3) is 0 Å². The van der Waals surface area contributed by atoms with E-state index in [1.54, 1.807) is 17.8 Å². The molecule has 0 unspecified atom stereocenters. The summed E-state index contributed by atoms with van der Waals surface area (Å²) in [6, 6.07) is 4.91. The Morgan fingerprint density at radius 2 is 1.97 bits per heavy atom. The standard InChI is InChI=1S/C21H22N8O/c1-14-19(15-5-20(30-2)21-16(6-22)7-24-28(21)9-15)8-25-29(14)18-11-27(12-18)17-3-4-26(10-17)13-23/h5,7-9,17-18H,3-4,10-12H2,1-2H3/t17-/m0/s1.